The van der Waals surface area contributed by atoms with Gasteiger partial charge in [0.25, 0.3) is 0 Å². The lowest BCUT2D eigenvalue weighted by molar-refractivity contribution is -0.148. The number of hydrogen-bond acceptors (Lipinski definition) is 6. The van der Waals surface area contributed by atoms with E-state index in [1.54, 1.807) is 11.1 Å². The largest absolute Gasteiger partial charge is 0.460 e. The molecule has 0 aliphatic carbocycles. The topological polar surface area (TPSA) is 76.9 Å². The Balaban J connectivity index is 1.66. The van der Waals surface area contributed by atoms with Crippen molar-refractivity contribution in [3.63, 3.8) is 0 Å². The van der Waals surface area contributed by atoms with Gasteiger partial charge in [0, 0.05) is 37.6 Å². The Morgan fingerprint density at radius 1 is 1.13 bits per heavy atom. The molecule has 2 heterocycles. The second kappa shape index (κ2) is 9.96. The monoisotopic (exact) mass is 428 g/mol. The molecule has 1 amide bonds. The average molecular weight is 429 g/mol. The van der Waals surface area contributed by atoms with E-state index < -0.39 is 5.60 Å². The van der Waals surface area contributed by atoms with Crippen molar-refractivity contribution < 1.29 is 19.1 Å². The summed E-state index contributed by atoms with van der Waals surface area (Å²) >= 11 is 0. The van der Waals surface area contributed by atoms with E-state index in [0.29, 0.717) is 19.6 Å². The maximum atomic E-state index is 12.7. The highest BCUT2D eigenvalue weighted by atomic mass is 16.6. The third kappa shape index (κ3) is 6.82. The van der Waals surface area contributed by atoms with Gasteiger partial charge in [0.2, 0.25) is 0 Å². The lowest BCUT2D eigenvalue weighted by Crippen LogP contribution is -2.61. The van der Waals surface area contributed by atoms with Crippen molar-refractivity contribution in [2.75, 3.05) is 19.6 Å². The van der Waals surface area contributed by atoms with Gasteiger partial charge in [0.15, 0.2) is 0 Å². The van der Waals surface area contributed by atoms with Crippen LogP contribution in [-0.4, -0.2) is 69.0 Å². The Bertz CT molecular complexity index is 848. The Morgan fingerprint density at radius 2 is 1.87 bits per heavy atom. The lowest BCUT2D eigenvalue weighted by atomic mass is 10.1. The second-order valence-corrected chi connectivity index (χ2v) is 8.94. The number of amides is 1. The zero-order chi connectivity index (χ0) is 22.4. The van der Waals surface area contributed by atoms with Crippen LogP contribution >= 0.6 is 0 Å². The molecule has 0 radical (unpaired) electrons. The summed E-state index contributed by atoms with van der Waals surface area (Å²) in [6.07, 6.45) is 3.26. The number of piperazine rings is 1. The van der Waals surface area contributed by atoms with E-state index >= 15 is 0 Å². The number of carbonyl (C=O) groups excluding carboxylic acids is 2. The van der Waals surface area contributed by atoms with Gasteiger partial charge < -0.3 is 14.4 Å². The summed E-state index contributed by atoms with van der Waals surface area (Å²) < 4.78 is 12.9. The number of carbonyl (C=O) groups is 2. The summed E-state index contributed by atoms with van der Waals surface area (Å²) in [5.74, 6) is -0.285. The van der Waals surface area contributed by atoms with Gasteiger partial charge in [0.1, 0.15) is 12.2 Å². The van der Waals surface area contributed by atoms with Gasteiger partial charge in [-0.05, 0) is 39.3 Å². The molecule has 1 aliphatic rings. The molecular formula is C23H32N4O4. The van der Waals surface area contributed by atoms with Crippen molar-refractivity contribution in [2.45, 2.75) is 58.5 Å². The minimum Gasteiger partial charge on any atom is -0.460 e. The first-order chi connectivity index (χ1) is 14.7. The third-order valence-electron chi connectivity index (χ3n) is 5.11. The van der Waals surface area contributed by atoms with Crippen molar-refractivity contribution in [2.24, 2.45) is 0 Å². The molecule has 1 saturated heterocycles. The first-order valence-corrected chi connectivity index (χ1v) is 10.6. The molecule has 2 aromatic rings. The smallest absolute Gasteiger partial charge is 0.410 e. The Labute approximate surface area is 183 Å². The van der Waals surface area contributed by atoms with Crippen molar-refractivity contribution >= 4 is 12.1 Å². The Kier molecular flexibility index (Phi) is 7.33. The van der Waals surface area contributed by atoms with Crippen LogP contribution in [0.3, 0.4) is 0 Å². The van der Waals surface area contributed by atoms with Gasteiger partial charge in [-0.2, -0.15) is 5.10 Å². The van der Waals surface area contributed by atoms with E-state index in [2.05, 4.69) is 10.00 Å². The SMILES string of the molecule is C[C@@H]1CN(CC(=O)OCc2ccccc2)[C@@H](Cn2cccn2)CN1C(=O)OC(C)(C)C. The first-order valence-electron chi connectivity index (χ1n) is 10.6. The van der Waals surface area contributed by atoms with Gasteiger partial charge in [0.05, 0.1) is 13.1 Å². The molecule has 8 heteroatoms. The molecule has 1 aromatic heterocycles. The van der Waals surface area contributed by atoms with Crippen LogP contribution in [0.25, 0.3) is 0 Å². The molecule has 2 atom stereocenters. The van der Waals surface area contributed by atoms with E-state index in [4.69, 9.17) is 9.47 Å². The molecule has 0 N–H and O–H groups in total. The van der Waals surface area contributed by atoms with Gasteiger partial charge in [-0.25, -0.2) is 4.79 Å². The number of esters is 1. The predicted octanol–water partition coefficient (Wildman–Crippen LogP) is 2.94. The van der Waals surface area contributed by atoms with E-state index in [9.17, 15) is 9.59 Å². The van der Waals surface area contributed by atoms with Crippen LogP contribution < -0.4 is 0 Å². The van der Waals surface area contributed by atoms with Gasteiger partial charge in [-0.1, -0.05) is 30.3 Å². The molecule has 168 valence electrons. The molecule has 1 aromatic carbocycles. The minimum absolute atomic E-state index is 0.0899. The molecule has 0 spiro atoms. The number of nitrogens with zero attached hydrogens (tertiary/aromatic N) is 4. The minimum atomic E-state index is -0.563. The molecule has 1 fully saturated rings. The molecule has 0 saturated carbocycles. The third-order valence-corrected chi connectivity index (χ3v) is 5.11. The molecular weight excluding hydrogens is 396 g/mol. The van der Waals surface area contributed by atoms with Crippen LogP contribution in [0.4, 0.5) is 4.79 Å². The maximum Gasteiger partial charge on any atom is 0.410 e. The highest BCUT2D eigenvalue weighted by Gasteiger charge is 2.37. The fraction of sp³-hybridized carbons (Fsp3) is 0.522. The normalized spacial score (nSPS) is 19.8. The zero-order valence-electron chi connectivity index (χ0n) is 18.7. The van der Waals surface area contributed by atoms with Crippen LogP contribution in [0, 0.1) is 0 Å². The van der Waals surface area contributed by atoms with Crippen molar-refractivity contribution in [3.8, 4) is 0 Å². The summed E-state index contributed by atoms with van der Waals surface area (Å²) in [6, 6.07) is 11.3. The van der Waals surface area contributed by atoms with Crippen molar-refractivity contribution in [3.05, 3.63) is 54.4 Å². The number of aromatic nitrogens is 2. The van der Waals surface area contributed by atoms with E-state index in [0.717, 1.165) is 5.56 Å². The summed E-state index contributed by atoms with van der Waals surface area (Å²) in [5, 5.41) is 4.29. The number of rotatable bonds is 6. The Hall–Kier alpha value is -2.87. The zero-order valence-corrected chi connectivity index (χ0v) is 18.7. The van der Waals surface area contributed by atoms with Gasteiger partial charge >= 0.3 is 12.1 Å². The van der Waals surface area contributed by atoms with Crippen LogP contribution in [0.5, 0.6) is 0 Å². The van der Waals surface area contributed by atoms with E-state index in [-0.39, 0.29) is 37.3 Å². The first kappa shape index (κ1) is 22.8. The quantitative estimate of drug-likeness (QED) is 0.659. The fourth-order valence-corrected chi connectivity index (χ4v) is 3.63. The molecule has 31 heavy (non-hydrogen) atoms. The maximum absolute atomic E-state index is 12.7. The summed E-state index contributed by atoms with van der Waals surface area (Å²) in [5.41, 5.74) is 0.388. The van der Waals surface area contributed by atoms with Crippen molar-refractivity contribution in [1.82, 2.24) is 19.6 Å². The fourth-order valence-electron chi connectivity index (χ4n) is 3.63. The highest BCUT2D eigenvalue weighted by Crippen LogP contribution is 2.20. The standard InChI is InChI=1S/C23H32N4O4/c1-18-13-25(16-21(28)30-17-19-9-6-5-7-10-19)20(14-26-12-8-11-24-26)15-27(18)22(29)31-23(2,3)4/h5-12,18,20H,13-17H2,1-4H3/t18-,20+/m1/s1. The van der Waals surface area contributed by atoms with E-state index in [1.165, 1.54) is 0 Å². The van der Waals surface area contributed by atoms with Crippen LogP contribution in [0.15, 0.2) is 48.8 Å². The Morgan fingerprint density at radius 3 is 2.52 bits per heavy atom. The number of hydrogen-bond donors (Lipinski definition) is 0. The predicted molar refractivity (Wildman–Crippen MR) is 116 cm³/mol. The lowest BCUT2D eigenvalue weighted by Gasteiger charge is -2.44. The second-order valence-electron chi connectivity index (χ2n) is 8.94. The van der Waals surface area contributed by atoms with Crippen molar-refractivity contribution in [1.29, 1.82) is 0 Å². The molecule has 0 unspecified atom stereocenters. The van der Waals surface area contributed by atoms with Gasteiger partial charge in [-0.3, -0.25) is 14.4 Å². The molecule has 0 bridgehead atoms. The summed E-state index contributed by atoms with van der Waals surface area (Å²) in [6.45, 7) is 9.50. The molecule has 8 nitrogen and oxygen atoms in total. The van der Waals surface area contributed by atoms with Crippen LogP contribution in [0.2, 0.25) is 0 Å². The molecule has 1 aliphatic heterocycles. The average Bonchev–Trinajstić information content (AvgIpc) is 3.21. The number of ether oxygens (including phenoxy) is 2. The van der Waals surface area contributed by atoms with E-state index in [1.807, 2.05) is 75.0 Å². The summed E-state index contributed by atoms with van der Waals surface area (Å²) in [4.78, 5) is 29.1. The van der Waals surface area contributed by atoms with Crippen LogP contribution in [-0.2, 0) is 27.4 Å². The number of benzene rings is 1. The van der Waals surface area contributed by atoms with Crippen LogP contribution in [0.1, 0.15) is 33.3 Å². The van der Waals surface area contributed by atoms with Gasteiger partial charge in [-0.15, -0.1) is 0 Å². The summed E-state index contributed by atoms with van der Waals surface area (Å²) in [7, 11) is 0. The highest BCUT2D eigenvalue weighted by molar-refractivity contribution is 5.72. The molecule has 3 rings (SSSR count).